The monoisotopic (exact) mass is 209 g/mol. The van der Waals surface area contributed by atoms with Crippen LogP contribution in [0.4, 0.5) is 0 Å². The average Bonchev–Trinajstić information content (AvgIpc) is 2.16. The maximum atomic E-state index is 2.66. The molecule has 3 atom stereocenters. The fourth-order valence-electron chi connectivity index (χ4n) is 3.95. The summed E-state index contributed by atoms with van der Waals surface area (Å²) in [4.78, 5) is 2.66. The first-order valence-electron chi connectivity index (χ1n) is 6.70. The van der Waals surface area contributed by atoms with E-state index in [-0.39, 0.29) is 0 Å². The van der Waals surface area contributed by atoms with Crippen molar-refractivity contribution in [2.24, 2.45) is 17.3 Å². The van der Waals surface area contributed by atoms with Gasteiger partial charge < -0.3 is 4.90 Å². The van der Waals surface area contributed by atoms with E-state index in [4.69, 9.17) is 0 Å². The second-order valence-electron chi connectivity index (χ2n) is 6.78. The molecule has 0 spiro atoms. The fourth-order valence-corrected chi connectivity index (χ4v) is 3.95. The average molecular weight is 209 g/mol. The number of hydrogen-bond donors (Lipinski definition) is 0. The van der Waals surface area contributed by atoms with Crippen LogP contribution in [0.15, 0.2) is 0 Å². The van der Waals surface area contributed by atoms with E-state index in [9.17, 15) is 0 Å². The van der Waals surface area contributed by atoms with E-state index in [1.54, 1.807) is 0 Å². The van der Waals surface area contributed by atoms with Crippen molar-refractivity contribution in [3.8, 4) is 0 Å². The van der Waals surface area contributed by atoms with Crippen LogP contribution in [0.1, 0.15) is 52.9 Å². The maximum Gasteiger partial charge on any atom is 0.0154 e. The normalized spacial score (nSPS) is 38.8. The van der Waals surface area contributed by atoms with Crippen LogP contribution < -0.4 is 0 Å². The Bertz CT molecular complexity index is 214. The van der Waals surface area contributed by atoms with Crippen molar-refractivity contribution in [3.63, 3.8) is 0 Å². The van der Waals surface area contributed by atoms with E-state index in [2.05, 4.69) is 32.7 Å². The number of fused-ring (bicyclic) bond motifs is 1. The Morgan fingerprint density at radius 3 is 2.33 bits per heavy atom. The van der Waals surface area contributed by atoms with E-state index in [0.717, 1.165) is 17.9 Å². The van der Waals surface area contributed by atoms with Gasteiger partial charge in [-0.25, -0.2) is 0 Å². The first-order valence-corrected chi connectivity index (χ1v) is 6.70. The minimum Gasteiger partial charge on any atom is -0.303 e. The number of piperidine rings is 1. The zero-order valence-electron chi connectivity index (χ0n) is 10.9. The van der Waals surface area contributed by atoms with Crippen molar-refractivity contribution in [3.05, 3.63) is 0 Å². The highest BCUT2D eigenvalue weighted by Crippen LogP contribution is 2.45. The molecule has 0 N–H and O–H groups in total. The molecule has 0 aromatic heterocycles. The molecule has 0 aromatic carbocycles. The first kappa shape index (κ1) is 11.4. The molecule has 88 valence electrons. The summed E-state index contributed by atoms with van der Waals surface area (Å²) in [7, 11) is 2.35. The lowest BCUT2D eigenvalue weighted by Crippen LogP contribution is -2.52. The molecule has 2 aliphatic rings. The third kappa shape index (κ3) is 2.22. The summed E-state index contributed by atoms with van der Waals surface area (Å²) < 4.78 is 0. The number of hydrogen-bond acceptors (Lipinski definition) is 1. The molecule has 1 saturated heterocycles. The van der Waals surface area contributed by atoms with E-state index in [1.807, 2.05) is 0 Å². The third-order valence-electron chi connectivity index (χ3n) is 4.69. The molecule has 0 bridgehead atoms. The van der Waals surface area contributed by atoms with Crippen molar-refractivity contribution >= 4 is 0 Å². The molecule has 15 heavy (non-hydrogen) atoms. The van der Waals surface area contributed by atoms with E-state index < -0.39 is 0 Å². The van der Waals surface area contributed by atoms with Crippen LogP contribution in [0.5, 0.6) is 0 Å². The molecule has 0 aromatic rings. The summed E-state index contributed by atoms with van der Waals surface area (Å²) in [6, 6.07) is 0.882. The molecule has 0 radical (unpaired) electrons. The van der Waals surface area contributed by atoms with E-state index in [1.165, 1.54) is 38.6 Å². The minimum absolute atomic E-state index is 0.495. The largest absolute Gasteiger partial charge is 0.303 e. The topological polar surface area (TPSA) is 3.24 Å². The van der Waals surface area contributed by atoms with Gasteiger partial charge in [-0.15, -0.1) is 0 Å². The molecule has 2 rings (SSSR count). The van der Waals surface area contributed by atoms with Crippen LogP contribution in [0.25, 0.3) is 0 Å². The second-order valence-corrected chi connectivity index (χ2v) is 6.78. The second kappa shape index (κ2) is 4.08. The predicted octanol–water partition coefficient (Wildman–Crippen LogP) is 3.54. The lowest BCUT2D eigenvalue weighted by molar-refractivity contribution is -0.00915. The highest BCUT2D eigenvalue weighted by atomic mass is 15.1. The molecule has 1 aliphatic carbocycles. The highest BCUT2D eigenvalue weighted by Gasteiger charge is 2.42. The van der Waals surface area contributed by atoms with E-state index >= 15 is 0 Å². The van der Waals surface area contributed by atoms with Gasteiger partial charge in [-0.2, -0.15) is 0 Å². The van der Waals surface area contributed by atoms with Gasteiger partial charge in [0.2, 0.25) is 0 Å². The van der Waals surface area contributed by atoms with E-state index in [0.29, 0.717) is 5.41 Å². The molecule has 1 heteroatoms. The molecule has 0 unspecified atom stereocenters. The third-order valence-corrected chi connectivity index (χ3v) is 4.69. The van der Waals surface area contributed by atoms with Gasteiger partial charge in [0, 0.05) is 6.04 Å². The van der Waals surface area contributed by atoms with Crippen LogP contribution in [-0.2, 0) is 0 Å². The van der Waals surface area contributed by atoms with Crippen LogP contribution >= 0.6 is 0 Å². The van der Waals surface area contributed by atoms with Gasteiger partial charge in [0.1, 0.15) is 0 Å². The number of likely N-dealkylation sites (tertiary alicyclic amines) is 1. The number of rotatable bonds is 0. The van der Waals surface area contributed by atoms with Crippen LogP contribution in [0.2, 0.25) is 0 Å². The molecule has 0 amide bonds. The lowest BCUT2D eigenvalue weighted by atomic mass is 9.63. The van der Waals surface area contributed by atoms with Crippen LogP contribution in [0, 0.1) is 17.3 Å². The highest BCUT2D eigenvalue weighted by molar-refractivity contribution is 4.95. The van der Waals surface area contributed by atoms with Gasteiger partial charge in [0.25, 0.3) is 0 Å². The Morgan fingerprint density at radius 2 is 1.67 bits per heavy atom. The van der Waals surface area contributed by atoms with Crippen molar-refractivity contribution in [1.82, 2.24) is 4.90 Å². The van der Waals surface area contributed by atoms with Crippen molar-refractivity contribution in [2.45, 2.75) is 58.9 Å². The summed E-state index contributed by atoms with van der Waals surface area (Å²) in [5.74, 6) is 1.92. The molecule has 1 saturated carbocycles. The first-order chi connectivity index (χ1) is 7.00. The summed E-state index contributed by atoms with van der Waals surface area (Å²) in [6.07, 6.45) is 7.32. The van der Waals surface area contributed by atoms with Gasteiger partial charge in [-0.3, -0.25) is 0 Å². The minimum atomic E-state index is 0.495. The molecular formula is C14H27N. The molecule has 1 heterocycles. The quantitative estimate of drug-likeness (QED) is 0.590. The van der Waals surface area contributed by atoms with Crippen LogP contribution in [0.3, 0.4) is 0 Å². The maximum absolute atomic E-state index is 2.66. The zero-order chi connectivity index (χ0) is 11.1. The Kier molecular flexibility index (Phi) is 3.12. The Morgan fingerprint density at radius 1 is 1.00 bits per heavy atom. The Labute approximate surface area is 95.2 Å². The standard InChI is InChI=1S/C14H27N/c1-14(2,3)12-9-5-7-11-8-6-10-15(4)13(11)12/h11-13H,5-10H2,1-4H3/t11-,12-,13-/m1/s1. The summed E-state index contributed by atoms with van der Waals surface area (Å²) >= 11 is 0. The van der Waals surface area contributed by atoms with Crippen molar-refractivity contribution in [1.29, 1.82) is 0 Å². The smallest absolute Gasteiger partial charge is 0.0154 e. The number of nitrogens with zero attached hydrogens (tertiary/aromatic N) is 1. The van der Waals surface area contributed by atoms with Crippen molar-refractivity contribution < 1.29 is 0 Å². The zero-order valence-corrected chi connectivity index (χ0v) is 10.9. The predicted molar refractivity (Wildman–Crippen MR) is 65.9 cm³/mol. The Balaban J connectivity index is 2.16. The SMILES string of the molecule is CN1CCC[C@H]2CCC[C@@H](C(C)(C)C)[C@@H]21. The molecular weight excluding hydrogens is 182 g/mol. The van der Waals surface area contributed by atoms with Gasteiger partial charge in [-0.05, 0) is 56.5 Å². The van der Waals surface area contributed by atoms with Gasteiger partial charge in [0.15, 0.2) is 0 Å². The van der Waals surface area contributed by atoms with Crippen molar-refractivity contribution in [2.75, 3.05) is 13.6 Å². The molecule has 2 fully saturated rings. The van der Waals surface area contributed by atoms with Gasteiger partial charge in [0.05, 0.1) is 0 Å². The summed E-state index contributed by atoms with van der Waals surface area (Å²) in [6.45, 7) is 8.63. The van der Waals surface area contributed by atoms with Gasteiger partial charge in [-0.1, -0.05) is 27.2 Å². The summed E-state index contributed by atoms with van der Waals surface area (Å²) in [5, 5.41) is 0. The summed E-state index contributed by atoms with van der Waals surface area (Å²) in [5.41, 5.74) is 0.495. The Hall–Kier alpha value is -0.0400. The molecule has 1 nitrogen and oxygen atoms in total. The molecule has 1 aliphatic heterocycles. The fraction of sp³-hybridized carbons (Fsp3) is 1.00. The van der Waals surface area contributed by atoms with Crippen LogP contribution in [-0.4, -0.2) is 24.5 Å². The lowest BCUT2D eigenvalue weighted by Gasteiger charge is -2.51. The van der Waals surface area contributed by atoms with Gasteiger partial charge >= 0.3 is 0 Å².